The summed E-state index contributed by atoms with van der Waals surface area (Å²) in [5, 5.41) is 0.508. The van der Waals surface area contributed by atoms with E-state index >= 15 is 0 Å². The summed E-state index contributed by atoms with van der Waals surface area (Å²) < 4.78 is 6.33. The van der Waals surface area contributed by atoms with Crippen LogP contribution in [0.15, 0.2) is 18.2 Å². The van der Waals surface area contributed by atoms with Crippen LogP contribution < -0.4 is 4.74 Å². The van der Waals surface area contributed by atoms with Crippen LogP contribution in [0.25, 0.3) is 10.2 Å². The maximum atomic E-state index is 10.5. The molecular weight excluding hydrogens is 198 g/mol. The Morgan fingerprint density at radius 2 is 2.43 bits per heavy atom. The zero-order valence-corrected chi connectivity index (χ0v) is 8.50. The molecule has 3 nitrogen and oxygen atoms in total. The topological polar surface area (TPSA) is 39.2 Å². The van der Waals surface area contributed by atoms with Gasteiger partial charge in [0.1, 0.15) is 5.75 Å². The molecule has 0 fully saturated rings. The average Bonchev–Trinajstić information content (AvgIpc) is 2.60. The number of carbonyl (C=O) groups excluding carboxylic acids is 1. The highest BCUT2D eigenvalue weighted by molar-refractivity contribution is 7.20. The van der Waals surface area contributed by atoms with E-state index in [4.69, 9.17) is 4.74 Å². The predicted molar refractivity (Wildman–Crippen MR) is 56.2 cm³/mol. The fraction of sp³-hybridized carbons (Fsp3) is 0.200. The summed E-state index contributed by atoms with van der Waals surface area (Å²) in [5.74, 6) is 0.820. The highest BCUT2D eigenvalue weighted by Gasteiger charge is 2.03. The fourth-order valence-corrected chi connectivity index (χ4v) is 2.04. The van der Waals surface area contributed by atoms with Gasteiger partial charge in [-0.3, -0.25) is 4.79 Å². The Bertz CT molecular complexity index is 464. The van der Waals surface area contributed by atoms with E-state index in [0.717, 1.165) is 22.3 Å². The minimum Gasteiger partial charge on any atom is -0.494 e. The molecule has 72 valence electrons. The van der Waals surface area contributed by atoms with Crippen LogP contribution in [-0.4, -0.2) is 17.9 Å². The molecule has 0 saturated carbocycles. The summed E-state index contributed by atoms with van der Waals surface area (Å²) in [6, 6.07) is 5.63. The van der Waals surface area contributed by atoms with Gasteiger partial charge in [0.25, 0.3) is 0 Å². The number of hydrogen-bond acceptors (Lipinski definition) is 4. The number of benzene rings is 1. The second-order valence-corrected chi connectivity index (χ2v) is 3.79. The molecule has 0 radical (unpaired) electrons. The van der Waals surface area contributed by atoms with Crippen molar-refractivity contribution < 1.29 is 9.53 Å². The largest absolute Gasteiger partial charge is 0.494 e. The Morgan fingerprint density at radius 3 is 3.14 bits per heavy atom. The van der Waals surface area contributed by atoms with Crippen molar-refractivity contribution in [3.63, 3.8) is 0 Å². The molecule has 0 aliphatic rings. The zero-order valence-electron chi connectivity index (χ0n) is 7.69. The Labute approximate surface area is 85.3 Å². The van der Waals surface area contributed by atoms with Crippen molar-refractivity contribution in [3.05, 3.63) is 23.2 Å². The van der Waals surface area contributed by atoms with E-state index in [9.17, 15) is 4.79 Å². The van der Waals surface area contributed by atoms with E-state index < -0.39 is 0 Å². The van der Waals surface area contributed by atoms with E-state index in [-0.39, 0.29) is 0 Å². The first kappa shape index (κ1) is 9.15. The van der Waals surface area contributed by atoms with Gasteiger partial charge in [-0.1, -0.05) is 0 Å². The molecule has 1 aromatic carbocycles. The SMILES string of the molecule is CCOc1ccc2nc(C=O)sc2c1. The highest BCUT2D eigenvalue weighted by atomic mass is 32.1. The van der Waals surface area contributed by atoms with Gasteiger partial charge < -0.3 is 4.74 Å². The lowest BCUT2D eigenvalue weighted by atomic mass is 10.3. The van der Waals surface area contributed by atoms with Gasteiger partial charge in [-0.15, -0.1) is 11.3 Å². The van der Waals surface area contributed by atoms with Crippen molar-refractivity contribution in [3.8, 4) is 5.75 Å². The van der Waals surface area contributed by atoms with E-state index in [1.54, 1.807) is 0 Å². The first-order valence-electron chi connectivity index (χ1n) is 4.32. The van der Waals surface area contributed by atoms with Gasteiger partial charge in [-0.25, -0.2) is 4.98 Å². The molecule has 0 bridgehead atoms. The van der Waals surface area contributed by atoms with Gasteiger partial charge in [0.05, 0.1) is 16.8 Å². The molecule has 0 spiro atoms. The third-order valence-electron chi connectivity index (χ3n) is 1.79. The van der Waals surface area contributed by atoms with Gasteiger partial charge in [-0.2, -0.15) is 0 Å². The van der Waals surface area contributed by atoms with Crippen LogP contribution in [0.5, 0.6) is 5.75 Å². The van der Waals surface area contributed by atoms with E-state index in [0.29, 0.717) is 11.6 Å². The van der Waals surface area contributed by atoms with Crippen molar-refractivity contribution in [1.29, 1.82) is 0 Å². The summed E-state index contributed by atoms with van der Waals surface area (Å²) in [6.45, 7) is 2.58. The number of nitrogens with zero attached hydrogens (tertiary/aromatic N) is 1. The third-order valence-corrected chi connectivity index (χ3v) is 2.73. The molecule has 2 rings (SSSR count). The standard InChI is InChI=1S/C10H9NO2S/c1-2-13-7-3-4-8-9(5-7)14-10(6-12)11-8/h3-6H,2H2,1H3. The summed E-state index contributed by atoms with van der Waals surface area (Å²) in [6.07, 6.45) is 0.769. The number of rotatable bonds is 3. The maximum Gasteiger partial charge on any atom is 0.178 e. The summed E-state index contributed by atoms with van der Waals surface area (Å²) in [5.41, 5.74) is 0.848. The van der Waals surface area contributed by atoms with Gasteiger partial charge in [0.15, 0.2) is 11.3 Å². The number of hydrogen-bond donors (Lipinski definition) is 0. The number of carbonyl (C=O) groups is 1. The number of aromatic nitrogens is 1. The molecule has 1 aromatic heterocycles. The van der Waals surface area contributed by atoms with Crippen molar-refractivity contribution >= 4 is 27.8 Å². The van der Waals surface area contributed by atoms with Gasteiger partial charge in [-0.05, 0) is 25.1 Å². The van der Waals surface area contributed by atoms with Crippen LogP contribution >= 0.6 is 11.3 Å². The number of ether oxygens (including phenoxy) is 1. The lowest BCUT2D eigenvalue weighted by Gasteiger charge is -2.00. The normalized spacial score (nSPS) is 10.4. The third kappa shape index (κ3) is 1.61. The van der Waals surface area contributed by atoms with Crippen LogP contribution in [0.4, 0.5) is 0 Å². The van der Waals surface area contributed by atoms with Crippen LogP contribution in [0, 0.1) is 0 Å². The first-order chi connectivity index (χ1) is 6.83. The van der Waals surface area contributed by atoms with E-state index in [1.807, 2.05) is 25.1 Å². The highest BCUT2D eigenvalue weighted by Crippen LogP contribution is 2.25. The van der Waals surface area contributed by atoms with E-state index in [2.05, 4.69) is 4.98 Å². The molecule has 0 aliphatic heterocycles. The van der Waals surface area contributed by atoms with Crippen molar-refractivity contribution in [2.75, 3.05) is 6.61 Å². The molecule has 2 aromatic rings. The zero-order chi connectivity index (χ0) is 9.97. The minimum absolute atomic E-state index is 0.508. The summed E-state index contributed by atoms with van der Waals surface area (Å²) in [4.78, 5) is 14.6. The number of thiazole rings is 1. The molecule has 4 heteroatoms. The molecule has 0 unspecified atom stereocenters. The Kier molecular flexibility index (Phi) is 2.45. The lowest BCUT2D eigenvalue weighted by molar-refractivity contribution is 0.112. The van der Waals surface area contributed by atoms with Gasteiger partial charge in [0, 0.05) is 0 Å². The van der Waals surface area contributed by atoms with Crippen LogP contribution in [0.2, 0.25) is 0 Å². The monoisotopic (exact) mass is 207 g/mol. The molecule has 0 N–H and O–H groups in total. The molecule has 1 heterocycles. The number of fused-ring (bicyclic) bond motifs is 1. The average molecular weight is 207 g/mol. The molecule has 0 saturated heterocycles. The summed E-state index contributed by atoms with van der Waals surface area (Å²) in [7, 11) is 0. The molecule has 0 aliphatic carbocycles. The first-order valence-corrected chi connectivity index (χ1v) is 5.13. The maximum absolute atomic E-state index is 10.5. The van der Waals surface area contributed by atoms with Crippen molar-refractivity contribution in [2.45, 2.75) is 6.92 Å². The molecule has 0 amide bonds. The summed E-state index contributed by atoms with van der Waals surface area (Å²) >= 11 is 1.38. The predicted octanol–water partition coefficient (Wildman–Crippen LogP) is 2.51. The van der Waals surface area contributed by atoms with Gasteiger partial charge >= 0.3 is 0 Å². The Balaban J connectivity index is 2.48. The lowest BCUT2D eigenvalue weighted by Crippen LogP contribution is -1.89. The van der Waals surface area contributed by atoms with Crippen LogP contribution in [-0.2, 0) is 0 Å². The second-order valence-electron chi connectivity index (χ2n) is 2.73. The Hall–Kier alpha value is -1.42. The fourth-order valence-electron chi connectivity index (χ4n) is 1.23. The van der Waals surface area contributed by atoms with Crippen molar-refractivity contribution in [1.82, 2.24) is 4.98 Å². The molecule has 14 heavy (non-hydrogen) atoms. The number of aldehydes is 1. The van der Waals surface area contributed by atoms with Gasteiger partial charge in [0.2, 0.25) is 0 Å². The molecular formula is C10H9NO2S. The minimum atomic E-state index is 0.508. The quantitative estimate of drug-likeness (QED) is 0.726. The van der Waals surface area contributed by atoms with Crippen LogP contribution in [0.1, 0.15) is 16.7 Å². The molecule has 0 atom stereocenters. The van der Waals surface area contributed by atoms with Crippen LogP contribution in [0.3, 0.4) is 0 Å². The Morgan fingerprint density at radius 1 is 1.57 bits per heavy atom. The smallest absolute Gasteiger partial charge is 0.178 e. The second kappa shape index (κ2) is 3.75. The van der Waals surface area contributed by atoms with E-state index in [1.165, 1.54) is 11.3 Å². The van der Waals surface area contributed by atoms with Crippen molar-refractivity contribution in [2.24, 2.45) is 0 Å².